The third kappa shape index (κ3) is 4.72. The van der Waals surface area contributed by atoms with Gasteiger partial charge in [0.15, 0.2) is 0 Å². The minimum atomic E-state index is -0.652. The topological polar surface area (TPSA) is 55.1 Å². The summed E-state index contributed by atoms with van der Waals surface area (Å²) in [7, 11) is 0. The zero-order chi connectivity index (χ0) is 14.6. The number of amides is 1. The number of nitrogens with two attached hydrogens (primary N) is 1. The van der Waals surface area contributed by atoms with Gasteiger partial charge in [-0.05, 0) is 19.4 Å². The quantitative estimate of drug-likeness (QED) is 0.879. The Bertz CT molecular complexity index is 455. The van der Waals surface area contributed by atoms with Gasteiger partial charge in [0.2, 0.25) is 5.91 Å². The Morgan fingerprint density at radius 1 is 1.35 bits per heavy atom. The summed E-state index contributed by atoms with van der Waals surface area (Å²) in [5.41, 5.74) is 5.94. The molecule has 1 aromatic carbocycles. The van der Waals surface area contributed by atoms with Gasteiger partial charge in [0.1, 0.15) is 11.6 Å². The Kier molecular flexibility index (Phi) is 7.68. The fraction of sp³-hybridized carbons (Fsp3) is 0.500. The van der Waals surface area contributed by atoms with E-state index in [1.165, 1.54) is 12.1 Å². The van der Waals surface area contributed by atoms with Crippen LogP contribution in [-0.4, -0.2) is 11.9 Å². The smallest absolute Gasteiger partial charge is 0.224 e. The molecular formula is C14H21ClF2N2O. The summed E-state index contributed by atoms with van der Waals surface area (Å²) in [6, 6.07) is 2.60. The molecule has 0 aliphatic rings. The van der Waals surface area contributed by atoms with Crippen molar-refractivity contribution in [3.63, 3.8) is 0 Å². The van der Waals surface area contributed by atoms with Crippen molar-refractivity contribution in [3.8, 4) is 0 Å². The second kappa shape index (κ2) is 8.17. The van der Waals surface area contributed by atoms with E-state index in [9.17, 15) is 13.6 Å². The minimum Gasteiger partial charge on any atom is -0.349 e. The number of nitrogens with one attached hydrogen (secondary N) is 1. The van der Waals surface area contributed by atoms with Gasteiger partial charge in [-0.1, -0.05) is 19.9 Å². The molecule has 0 bridgehead atoms. The molecular weight excluding hydrogens is 286 g/mol. The second-order valence-electron chi connectivity index (χ2n) is 4.78. The monoisotopic (exact) mass is 306 g/mol. The minimum absolute atomic E-state index is 0. The van der Waals surface area contributed by atoms with Crippen LogP contribution < -0.4 is 11.1 Å². The normalized spacial score (nSPS) is 14.9. The first kappa shape index (κ1) is 18.8. The molecule has 6 heteroatoms. The number of hydrogen-bond acceptors (Lipinski definition) is 2. The lowest BCUT2D eigenvalue weighted by molar-refractivity contribution is -0.125. The molecule has 0 heterocycles. The van der Waals surface area contributed by atoms with Crippen molar-refractivity contribution in [2.75, 3.05) is 0 Å². The number of halogens is 3. The van der Waals surface area contributed by atoms with Gasteiger partial charge in [0.05, 0.1) is 6.04 Å². The molecule has 0 fully saturated rings. The van der Waals surface area contributed by atoms with Gasteiger partial charge in [-0.25, -0.2) is 8.78 Å². The van der Waals surface area contributed by atoms with E-state index in [1.54, 1.807) is 13.8 Å². The van der Waals surface area contributed by atoms with Gasteiger partial charge in [0.25, 0.3) is 0 Å². The lowest BCUT2D eigenvalue weighted by Gasteiger charge is -2.22. The molecule has 1 amide bonds. The standard InChI is InChI=1S/C14H20F2N2O.ClH/c1-4-13(18-14(19)8(2)9(3)17)11-6-5-10(15)7-12(11)16;/h5-9,13H,4,17H2,1-3H3,(H,18,19);1H. The predicted molar refractivity (Wildman–Crippen MR) is 77.6 cm³/mol. The van der Waals surface area contributed by atoms with Crippen molar-refractivity contribution < 1.29 is 13.6 Å². The van der Waals surface area contributed by atoms with Crippen LogP contribution in [0.2, 0.25) is 0 Å². The van der Waals surface area contributed by atoms with E-state index in [2.05, 4.69) is 5.32 Å². The van der Waals surface area contributed by atoms with Gasteiger partial charge >= 0.3 is 0 Å². The first-order chi connectivity index (χ1) is 8.86. The van der Waals surface area contributed by atoms with Crippen molar-refractivity contribution >= 4 is 18.3 Å². The number of benzene rings is 1. The molecule has 0 saturated carbocycles. The van der Waals surface area contributed by atoms with Crippen LogP contribution in [0.5, 0.6) is 0 Å². The Morgan fingerprint density at radius 2 is 1.95 bits per heavy atom. The van der Waals surface area contributed by atoms with E-state index in [4.69, 9.17) is 5.73 Å². The van der Waals surface area contributed by atoms with Gasteiger partial charge < -0.3 is 11.1 Å². The largest absolute Gasteiger partial charge is 0.349 e. The molecule has 0 spiro atoms. The summed E-state index contributed by atoms with van der Waals surface area (Å²) in [5, 5.41) is 2.74. The highest BCUT2D eigenvalue weighted by Gasteiger charge is 2.22. The first-order valence-corrected chi connectivity index (χ1v) is 6.37. The molecule has 3 N–H and O–H groups in total. The van der Waals surface area contributed by atoms with Crippen molar-refractivity contribution in [1.29, 1.82) is 0 Å². The van der Waals surface area contributed by atoms with E-state index in [0.717, 1.165) is 6.07 Å². The Balaban J connectivity index is 0.00000361. The molecule has 20 heavy (non-hydrogen) atoms. The second-order valence-corrected chi connectivity index (χ2v) is 4.78. The zero-order valence-electron chi connectivity index (χ0n) is 11.8. The summed E-state index contributed by atoms with van der Waals surface area (Å²) in [4.78, 5) is 11.9. The third-order valence-electron chi connectivity index (χ3n) is 3.26. The molecule has 0 aliphatic carbocycles. The lowest BCUT2D eigenvalue weighted by Crippen LogP contribution is -2.40. The number of carbonyl (C=O) groups excluding carboxylic acids is 1. The fourth-order valence-corrected chi connectivity index (χ4v) is 1.73. The molecule has 3 atom stereocenters. The van der Waals surface area contributed by atoms with Crippen LogP contribution in [-0.2, 0) is 4.79 Å². The fourth-order valence-electron chi connectivity index (χ4n) is 1.73. The summed E-state index contributed by atoms with van der Waals surface area (Å²) in [5.74, 6) is -1.88. The van der Waals surface area contributed by atoms with E-state index in [-0.39, 0.29) is 35.8 Å². The van der Waals surface area contributed by atoms with E-state index < -0.39 is 17.7 Å². The molecule has 1 rings (SSSR count). The molecule has 114 valence electrons. The van der Waals surface area contributed by atoms with Crippen LogP contribution in [0.1, 0.15) is 38.8 Å². The van der Waals surface area contributed by atoms with Gasteiger partial charge in [0, 0.05) is 23.6 Å². The Hall–Kier alpha value is -1.20. The maximum Gasteiger partial charge on any atom is 0.224 e. The Morgan fingerprint density at radius 3 is 2.40 bits per heavy atom. The first-order valence-electron chi connectivity index (χ1n) is 6.37. The SMILES string of the molecule is CCC(NC(=O)C(C)C(C)N)c1ccc(F)cc1F.Cl. The van der Waals surface area contributed by atoms with Gasteiger partial charge in [-0.3, -0.25) is 4.79 Å². The van der Waals surface area contributed by atoms with Crippen molar-refractivity contribution in [2.45, 2.75) is 39.3 Å². The molecule has 3 nitrogen and oxygen atoms in total. The van der Waals surface area contributed by atoms with E-state index in [1.807, 2.05) is 6.92 Å². The number of rotatable bonds is 5. The van der Waals surface area contributed by atoms with Crippen LogP contribution in [0, 0.1) is 17.6 Å². The van der Waals surface area contributed by atoms with Crippen molar-refractivity contribution in [3.05, 3.63) is 35.4 Å². The van der Waals surface area contributed by atoms with E-state index in [0.29, 0.717) is 6.42 Å². The molecule has 0 aliphatic heterocycles. The van der Waals surface area contributed by atoms with Crippen molar-refractivity contribution in [2.24, 2.45) is 11.7 Å². The summed E-state index contributed by atoms with van der Waals surface area (Å²) in [6.45, 7) is 5.28. The molecule has 1 aromatic rings. The summed E-state index contributed by atoms with van der Waals surface area (Å²) < 4.78 is 26.5. The predicted octanol–water partition coefficient (Wildman–Crippen LogP) is 2.94. The highest BCUT2D eigenvalue weighted by Crippen LogP contribution is 2.21. The van der Waals surface area contributed by atoms with Gasteiger partial charge in [-0.15, -0.1) is 12.4 Å². The third-order valence-corrected chi connectivity index (χ3v) is 3.26. The van der Waals surface area contributed by atoms with Crippen LogP contribution in [0.4, 0.5) is 8.78 Å². The van der Waals surface area contributed by atoms with Crippen LogP contribution >= 0.6 is 12.4 Å². The summed E-state index contributed by atoms with van der Waals surface area (Å²) >= 11 is 0. The number of hydrogen-bond donors (Lipinski definition) is 2. The maximum atomic E-state index is 13.7. The zero-order valence-corrected chi connectivity index (χ0v) is 12.6. The average Bonchev–Trinajstić information content (AvgIpc) is 2.35. The molecule has 3 unspecified atom stereocenters. The lowest BCUT2D eigenvalue weighted by atomic mass is 10.00. The highest BCUT2D eigenvalue weighted by atomic mass is 35.5. The van der Waals surface area contributed by atoms with E-state index >= 15 is 0 Å². The highest BCUT2D eigenvalue weighted by molar-refractivity contribution is 5.85. The van der Waals surface area contributed by atoms with Gasteiger partial charge in [-0.2, -0.15) is 0 Å². The van der Waals surface area contributed by atoms with Crippen LogP contribution in [0.25, 0.3) is 0 Å². The average molecular weight is 307 g/mol. The molecule has 0 radical (unpaired) electrons. The molecule has 0 aromatic heterocycles. The molecule has 0 saturated heterocycles. The number of carbonyl (C=O) groups is 1. The Labute approximate surface area is 124 Å². The van der Waals surface area contributed by atoms with Crippen LogP contribution in [0.15, 0.2) is 18.2 Å². The van der Waals surface area contributed by atoms with Crippen LogP contribution in [0.3, 0.4) is 0 Å². The van der Waals surface area contributed by atoms with Crippen molar-refractivity contribution in [1.82, 2.24) is 5.32 Å². The summed E-state index contributed by atoms with van der Waals surface area (Å²) in [6.07, 6.45) is 0.514. The maximum absolute atomic E-state index is 13.7.